The highest BCUT2D eigenvalue weighted by molar-refractivity contribution is 6.00. The van der Waals surface area contributed by atoms with Crippen molar-refractivity contribution in [3.05, 3.63) is 42.4 Å². The van der Waals surface area contributed by atoms with Crippen molar-refractivity contribution in [2.45, 2.75) is 37.1 Å². The fourth-order valence-corrected chi connectivity index (χ4v) is 5.14. The highest BCUT2D eigenvalue weighted by Crippen LogP contribution is 2.37. The summed E-state index contributed by atoms with van der Waals surface area (Å²) in [6, 6.07) is 5.98. The van der Waals surface area contributed by atoms with Crippen LogP contribution >= 0.6 is 0 Å². The summed E-state index contributed by atoms with van der Waals surface area (Å²) < 4.78 is 20.5. The molecule has 1 saturated carbocycles. The number of aromatic nitrogens is 5. The number of pyridine rings is 1. The summed E-state index contributed by atoms with van der Waals surface area (Å²) in [4.78, 5) is 22.7. The van der Waals surface area contributed by atoms with E-state index in [1.54, 1.807) is 24.9 Å². The first-order valence-corrected chi connectivity index (χ1v) is 12.1. The maximum absolute atomic E-state index is 13.1. The third-order valence-corrected chi connectivity index (χ3v) is 7.34. The molecular weight excluding hydrogens is 462 g/mol. The highest BCUT2D eigenvalue weighted by atomic mass is 16.5. The Morgan fingerprint density at radius 1 is 1.14 bits per heavy atom. The van der Waals surface area contributed by atoms with Crippen molar-refractivity contribution < 1.29 is 19.0 Å². The van der Waals surface area contributed by atoms with Gasteiger partial charge in [-0.3, -0.25) is 4.79 Å². The first-order chi connectivity index (χ1) is 17.6. The summed E-state index contributed by atoms with van der Waals surface area (Å²) in [5, 5.41) is 10.7. The quantitative estimate of drug-likeness (QED) is 0.404. The van der Waals surface area contributed by atoms with Crippen LogP contribution in [0.1, 0.15) is 29.2 Å². The summed E-state index contributed by atoms with van der Waals surface area (Å²) in [6.07, 6.45) is 7.24. The van der Waals surface area contributed by atoms with Gasteiger partial charge in [-0.05, 0) is 25.0 Å². The lowest BCUT2D eigenvalue weighted by atomic mass is 9.89. The molecule has 0 aromatic carbocycles. The zero-order valence-corrected chi connectivity index (χ0v) is 20.5. The SMILES string of the molecule is CNc1cc(-c2cnc3n([C@@H]4COC[C@H]4OC)cccc2-3)nc2c(C(=O)N[C@@H]3CC[C@H]3OC)cnn12. The smallest absolute Gasteiger partial charge is 0.257 e. The Kier molecular flexibility index (Phi) is 5.82. The van der Waals surface area contributed by atoms with Gasteiger partial charge in [-0.1, -0.05) is 0 Å². The van der Waals surface area contributed by atoms with E-state index in [1.807, 2.05) is 37.6 Å². The van der Waals surface area contributed by atoms with Crippen molar-refractivity contribution in [2.24, 2.45) is 0 Å². The molecule has 6 rings (SSSR count). The number of ether oxygens (including phenoxy) is 3. The molecule has 2 aromatic rings. The predicted molar refractivity (Wildman–Crippen MR) is 132 cm³/mol. The fraction of sp³-hybridized carbons (Fsp3) is 0.440. The van der Waals surface area contributed by atoms with Gasteiger partial charge < -0.3 is 29.4 Å². The molecule has 2 N–H and O–H groups in total. The van der Waals surface area contributed by atoms with Crippen LogP contribution in [0.25, 0.3) is 28.3 Å². The highest BCUT2D eigenvalue weighted by Gasteiger charge is 2.34. The van der Waals surface area contributed by atoms with Crippen LogP contribution in [0.2, 0.25) is 0 Å². The van der Waals surface area contributed by atoms with Gasteiger partial charge in [-0.25, -0.2) is 9.97 Å². The number of rotatable bonds is 7. The molecule has 36 heavy (non-hydrogen) atoms. The molecule has 0 bridgehead atoms. The molecule has 188 valence electrons. The van der Waals surface area contributed by atoms with Gasteiger partial charge in [0.05, 0.1) is 43.3 Å². The second kappa shape index (κ2) is 9.16. The number of anilines is 1. The lowest BCUT2D eigenvalue weighted by molar-refractivity contribution is 0.00732. The van der Waals surface area contributed by atoms with Gasteiger partial charge in [0.15, 0.2) is 5.65 Å². The van der Waals surface area contributed by atoms with Gasteiger partial charge >= 0.3 is 0 Å². The molecule has 11 nitrogen and oxygen atoms in total. The second-order valence-electron chi connectivity index (χ2n) is 9.21. The lowest BCUT2D eigenvalue weighted by Gasteiger charge is -2.35. The molecule has 1 amide bonds. The standard InChI is InChI=1S/C25H29N7O4/c1-26-22-9-18(29-24-16(11-28-32(22)24)25(33)30-17-6-7-20(17)34-2)15-10-27-23-14(15)5-4-8-31(23)19-12-36-13-21(19)35-3/h4-5,8-11,17,19-21,26H,6-7,12-13H2,1-3H3,(H,30,33)/t17-,19-,20-,21-/m1/s1. The molecule has 11 heteroatoms. The summed E-state index contributed by atoms with van der Waals surface area (Å²) in [7, 11) is 5.19. The van der Waals surface area contributed by atoms with Crippen molar-refractivity contribution in [1.29, 1.82) is 0 Å². The number of hydrogen-bond donors (Lipinski definition) is 2. The molecule has 2 aromatic heterocycles. The van der Waals surface area contributed by atoms with E-state index in [0.29, 0.717) is 35.9 Å². The predicted octanol–water partition coefficient (Wildman–Crippen LogP) is 2.23. The Morgan fingerprint density at radius 3 is 2.75 bits per heavy atom. The van der Waals surface area contributed by atoms with Gasteiger partial charge in [0.25, 0.3) is 5.91 Å². The van der Waals surface area contributed by atoms with E-state index in [-0.39, 0.29) is 30.2 Å². The van der Waals surface area contributed by atoms with Gasteiger partial charge in [-0.15, -0.1) is 0 Å². The van der Waals surface area contributed by atoms with E-state index in [4.69, 9.17) is 24.2 Å². The number of nitrogens with one attached hydrogen (secondary N) is 2. The maximum atomic E-state index is 13.1. The molecule has 4 aliphatic rings. The Bertz CT molecular complexity index is 1380. The van der Waals surface area contributed by atoms with Crippen LogP contribution in [-0.4, -0.2) is 82.8 Å². The van der Waals surface area contributed by atoms with Crippen molar-refractivity contribution in [3.8, 4) is 22.6 Å². The molecule has 2 fully saturated rings. The molecule has 0 unspecified atom stereocenters. The van der Waals surface area contributed by atoms with Crippen LogP contribution in [0.15, 0.2) is 36.8 Å². The number of nitrogens with zero attached hydrogens (tertiary/aromatic N) is 5. The normalized spacial score (nSPS) is 23.8. The maximum Gasteiger partial charge on any atom is 0.257 e. The van der Waals surface area contributed by atoms with E-state index in [1.165, 1.54) is 0 Å². The largest absolute Gasteiger partial charge is 0.379 e. The molecule has 3 aliphatic heterocycles. The van der Waals surface area contributed by atoms with Crippen LogP contribution in [0.5, 0.6) is 0 Å². The van der Waals surface area contributed by atoms with Gasteiger partial charge in [-0.2, -0.15) is 9.61 Å². The van der Waals surface area contributed by atoms with Crippen LogP contribution in [-0.2, 0) is 14.2 Å². The number of carbonyl (C=O) groups is 1. The number of fused-ring (bicyclic) bond motifs is 2. The minimum absolute atomic E-state index is 0.00133. The Hall–Kier alpha value is -3.54. The van der Waals surface area contributed by atoms with E-state index >= 15 is 0 Å². The number of hydrogen-bond acceptors (Lipinski definition) is 8. The third-order valence-electron chi connectivity index (χ3n) is 7.34. The average molecular weight is 492 g/mol. The summed E-state index contributed by atoms with van der Waals surface area (Å²) in [5.41, 5.74) is 3.42. The van der Waals surface area contributed by atoms with Crippen molar-refractivity contribution in [1.82, 2.24) is 29.5 Å². The average Bonchev–Trinajstić information content (AvgIpc) is 3.63. The van der Waals surface area contributed by atoms with Crippen LogP contribution < -0.4 is 10.6 Å². The molecular formula is C25H29N7O4. The number of amides is 1. The van der Waals surface area contributed by atoms with Gasteiger partial charge in [0, 0.05) is 50.9 Å². The minimum atomic E-state index is -0.210. The Morgan fingerprint density at radius 2 is 2.00 bits per heavy atom. The van der Waals surface area contributed by atoms with Crippen LogP contribution in [0, 0.1) is 0 Å². The molecule has 0 spiro atoms. The zero-order valence-electron chi connectivity index (χ0n) is 20.5. The van der Waals surface area contributed by atoms with Crippen LogP contribution in [0.3, 0.4) is 0 Å². The van der Waals surface area contributed by atoms with Crippen LogP contribution in [0.4, 0.5) is 5.82 Å². The molecule has 1 aliphatic carbocycles. The van der Waals surface area contributed by atoms with Crippen molar-refractivity contribution in [3.63, 3.8) is 0 Å². The first kappa shape index (κ1) is 22.9. The van der Waals surface area contributed by atoms with Gasteiger partial charge in [0.1, 0.15) is 23.3 Å². The second-order valence-corrected chi connectivity index (χ2v) is 9.21. The van der Waals surface area contributed by atoms with E-state index < -0.39 is 0 Å². The third kappa shape index (κ3) is 3.62. The topological polar surface area (TPSA) is 117 Å². The number of carbonyl (C=O) groups excluding carboxylic acids is 1. The molecule has 1 saturated heterocycles. The van der Waals surface area contributed by atoms with Crippen molar-refractivity contribution >= 4 is 17.4 Å². The lowest BCUT2D eigenvalue weighted by Crippen LogP contribution is -2.51. The Balaban J connectivity index is 1.38. The zero-order chi connectivity index (χ0) is 24.8. The van der Waals surface area contributed by atoms with Gasteiger partial charge in [0.2, 0.25) is 0 Å². The summed E-state index contributed by atoms with van der Waals surface area (Å²) in [5.74, 6) is 1.34. The van der Waals surface area contributed by atoms with E-state index in [0.717, 1.165) is 29.8 Å². The molecule has 4 atom stereocenters. The Labute approximate surface area is 208 Å². The summed E-state index contributed by atoms with van der Waals surface area (Å²) in [6.45, 7) is 1.12. The fourth-order valence-electron chi connectivity index (χ4n) is 5.14. The first-order valence-electron chi connectivity index (χ1n) is 12.1. The van der Waals surface area contributed by atoms with E-state index in [9.17, 15) is 4.79 Å². The monoisotopic (exact) mass is 491 g/mol. The minimum Gasteiger partial charge on any atom is -0.379 e. The van der Waals surface area contributed by atoms with E-state index in [2.05, 4.69) is 20.3 Å². The molecule has 0 radical (unpaired) electrons. The molecule has 5 heterocycles. The summed E-state index contributed by atoms with van der Waals surface area (Å²) >= 11 is 0. The number of methoxy groups -OCH3 is 2. The van der Waals surface area contributed by atoms with Crippen molar-refractivity contribution in [2.75, 3.05) is 39.8 Å².